The van der Waals surface area contributed by atoms with Gasteiger partial charge in [-0.2, -0.15) is 0 Å². The first kappa shape index (κ1) is 17.5. The van der Waals surface area contributed by atoms with Gasteiger partial charge in [-0.05, 0) is 45.5 Å². The summed E-state index contributed by atoms with van der Waals surface area (Å²) >= 11 is 1.76. The van der Waals surface area contributed by atoms with Crippen molar-refractivity contribution >= 4 is 33.5 Å². The maximum absolute atomic E-state index is 13.8. The van der Waals surface area contributed by atoms with Crippen LogP contribution >= 0.6 is 11.3 Å². The molecule has 2 unspecified atom stereocenters. The van der Waals surface area contributed by atoms with Gasteiger partial charge in [-0.15, -0.1) is 11.3 Å². The first-order valence-electron chi connectivity index (χ1n) is 9.21. The summed E-state index contributed by atoms with van der Waals surface area (Å²) in [5, 5.41) is 4.59. The molecule has 2 aromatic rings. The quantitative estimate of drug-likeness (QED) is 0.793. The van der Waals surface area contributed by atoms with Crippen LogP contribution in [0.15, 0.2) is 29.3 Å². The molecule has 1 fully saturated rings. The van der Waals surface area contributed by atoms with Gasteiger partial charge in [0.25, 0.3) is 0 Å². The average Bonchev–Trinajstić information content (AvgIpc) is 2.95. The number of aryl methyl sites for hydroxylation is 1. The molecule has 2 atom stereocenters. The van der Waals surface area contributed by atoms with Gasteiger partial charge in [0, 0.05) is 36.1 Å². The molecule has 1 N–H and O–H groups in total. The summed E-state index contributed by atoms with van der Waals surface area (Å²) in [5.41, 5.74) is 2.66. The van der Waals surface area contributed by atoms with Gasteiger partial charge in [0.1, 0.15) is 16.7 Å². The molecule has 26 heavy (non-hydrogen) atoms. The third kappa shape index (κ3) is 3.01. The number of hydrogen-bond acceptors (Lipinski definition) is 5. The number of nitrogens with zero attached hydrogens (tertiary/aromatic N) is 3. The molecule has 0 aliphatic carbocycles. The van der Waals surface area contributed by atoms with Gasteiger partial charge < -0.3 is 10.2 Å². The van der Waals surface area contributed by atoms with Gasteiger partial charge in [0.05, 0.1) is 16.9 Å². The Labute approximate surface area is 158 Å². The lowest BCUT2D eigenvalue weighted by Gasteiger charge is -2.43. The molecule has 4 nitrogen and oxygen atoms in total. The number of nitrogens with one attached hydrogen (secondary N) is 1. The fraction of sp³-hybridized carbons (Fsp3) is 0.450. The van der Waals surface area contributed by atoms with E-state index < -0.39 is 0 Å². The highest BCUT2D eigenvalue weighted by Gasteiger charge is 2.31. The second kappa shape index (κ2) is 6.67. The molecule has 0 amide bonds. The molecule has 138 valence electrons. The van der Waals surface area contributed by atoms with E-state index in [-0.39, 0.29) is 5.82 Å². The summed E-state index contributed by atoms with van der Waals surface area (Å²) in [6.07, 6.45) is 0.998. The minimum Gasteiger partial charge on any atom is -0.353 e. The highest BCUT2D eigenvalue weighted by molar-refractivity contribution is 7.16. The zero-order valence-electron chi connectivity index (χ0n) is 15.7. The molecule has 0 radical (unpaired) electrons. The molecule has 1 aromatic carbocycles. The van der Waals surface area contributed by atoms with Gasteiger partial charge in [-0.3, -0.25) is 4.90 Å². The van der Waals surface area contributed by atoms with Crippen molar-refractivity contribution in [2.24, 2.45) is 4.99 Å². The Hall–Kier alpha value is -1.92. The van der Waals surface area contributed by atoms with E-state index in [1.165, 1.54) is 17.0 Å². The lowest BCUT2D eigenvalue weighted by molar-refractivity contribution is 0.0992. The fourth-order valence-corrected chi connectivity index (χ4v) is 4.70. The predicted octanol–water partition coefficient (Wildman–Crippen LogP) is 4.61. The normalized spacial score (nSPS) is 23.0. The average molecular weight is 373 g/mol. The van der Waals surface area contributed by atoms with Crippen LogP contribution in [0.4, 0.5) is 20.8 Å². The number of rotatable bonds is 1. The second-order valence-electron chi connectivity index (χ2n) is 7.30. The van der Waals surface area contributed by atoms with E-state index in [1.807, 2.05) is 0 Å². The number of likely N-dealkylation sites (N-methyl/N-ethyl adjacent to an activating group) is 1. The van der Waals surface area contributed by atoms with E-state index >= 15 is 0 Å². The number of fused-ring (bicyclic) bond motifs is 2. The number of piperazine rings is 1. The largest absolute Gasteiger partial charge is 0.353 e. The molecule has 1 saturated heterocycles. The van der Waals surface area contributed by atoms with Crippen LogP contribution in [0, 0.1) is 5.82 Å². The highest BCUT2D eigenvalue weighted by Crippen LogP contribution is 2.40. The molecule has 0 saturated carbocycles. The van der Waals surface area contributed by atoms with E-state index in [2.05, 4.69) is 49.0 Å². The zero-order valence-corrected chi connectivity index (χ0v) is 16.5. The smallest absolute Gasteiger partial charge is 0.139 e. The van der Waals surface area contributed by atoms with Crippen LogP contribution in [0.3, 0.4) is 0 Å². The van der Waals surface area contributed by atoms with E-state index in [9.17, 15) is 4.39 Å². The summed E-state index contributed by atoms with van der Waals surface area (Å²) in [5.74, 6) is 0.702. The van der Waals surface area contributed by atoms with Crippen molar-refractivity contribution < 1.29 is 4.39 Å². The van der Waals surface area contributed by atoms with Crippen LogP contribution < -0.4 is 5.32 Å². The van der Waals surface area contributed by atoms with E-state index in [1.54, 1.807) is 17.4 Å². The van der Waals surface area contributed by atoms with Crippen LogP contribution in [-0.4, -0.2) is 47.9 Å². The fourth-order valence-electron chi connectivity index (χ4n) is 3.69. The summed E-state index contributed by atoms with van der Waals surface area (Å²) in [6.45, 7) is 8.50. The Balaban J connectivity index is 1.83. The summed E-state index contributed by atoms with van der Waals surface area (Å²) in [4.78, 5) is 11.0. The maximum atomic E-state index is 13.8. The van der Waals surface area contributed by atoms with Crippen molar-refractivity contribution in [2.45, 2.75) is 39.3 Å². The Morgan fingerprint density at radius 3 is 2.65 bits per heavy atom. The number of amidine groups is 1. The third-order valence-electron chi connectivity index (χ3n) is 5.47. The summed E-state index contributed by atoms with van der Waals surface area (Å²) < 4.78 is 13.8. The van der Waals surface area contributed by atoms with Gasteiger partial charge in [-0.25, -0.2) is 9.38 Å². The summed E-state index contributed by atoms with van der Waals surface area (Å²) in [7, 11) is 2.18. The van der Waals surface area contributed by atoms with Crippen LogP contribution in [-0.2, 0) is 6.42 Å². The molecule has 2 aliphatic heterocycles. The topological polar surface area (TPSA) is 30.9 Å². The molecule has 0 bridgehead atoms. The zero-order chi connectivity index (χ0) is 18.4. The van der Waals surface area contributed by atoms with Crippen molar-refractivity contribution in [3.63, 3.8) is 0 Å². The maximum Gasteiger partial charge on any atom is 0.139 e. The molecular weight excluding hydrogens is 347 g/mol. The Bertz CT molecular complexity index is 847. The lowest BCUT2D eigenvalue weighted by atomic mass is 10.1. The van der Waals surface area contributed by atoms with Crippen molar-refractivity contribution in [2.75, 3.05) is 25.5 Å². The van der Waals surface area contributed by atoms with E-state index in [0.717, 1.165) is 41.6 Å². The molecule has 4 rings (SSSR count). The second-order valence-corrected chi connectivity index (χ2v) is 8.44. The highest BCUT2D eigenvalue weighted by atomic mass is 32.1. The van der Waals surface area contributed by atoms with E-state index in [4.69, 9.17) is 4.99 Å². The molecule has 3 heterocycles. The number of benzene rings is 1. The minimum absolute atomic E-state index is 0.256. The SMILES string of the molecule is CCc1cc2c(s1)Nc1ccc(F)cc1N=C2N1CC(C)N(C)C(C)C1. The van der Waals surface area contributed by atoms with E-state index in [0.29, 0.717) is 17.8 Å². The Morgan fingerprint density at radius 2 is 1.96 bits per heavy atom. The molecule has 6 heteroatoms. The number of aliphatic imine (C=N–C) groups is 1. The van der Waals surface area contributed by atoms with Crippen molar-refractivity contribution in [1.29, 1.82) is 0 Å². The number of thiophene rings is 1. The molecule has 1 aromatic heterocycles. The minimum atomic E-state index is -0.256. The molecular formula is C20H25FN4S. The third-order valence-corrected chi connectivity index (χ3v) is 6.66. The first-order valence-corrected chi connectivity index (χ1v) is 10.0. The van der Waals surface area contributed by atoms with Gasteiger partial charge >= 0.3 is 0 Å². The van der Waals surface area contributed by atoms with Crippen molar-refractivity contribution in [3.05, 3.63) is 40.5 Å². The Kier molecular flexibility index (Phi) is 4.49. The summed E-state index contributed by atoms with van der Waals surface area (Å²) in [6, 6.07) is 7.90. The van der Waals surface area contributed by atoms with Crippen LogP contribution in [0.5, 0.6) is 0 Å². The van der Waals surface area contributed by atoms with Crippen molar-refractivity contribution in [3.8, 4) is 0 Å². The number of halogens is 1. The van der Waals surface area contributed by atoms with Crippen LogP contribution in [0.2, 0.25) is 0 Å². The number of anilines is 2. The monoisotopic (exact) mass is 372 g/mol. The molecule has 2 aliphatic rings. The van der Waals surface area contributed by atoms with Gasteiger partial charge in [0.15, 0.2) is 0 Å². The predicted molar refractivity (Wildman–Crippen MR) is 108 cm³/mol. The van der Waals surface area contributed by atoms with Crippen molar-refractivity contribution in [1.82, 2.24) is 9.80 Å². The standard InChI is InChI=1S/C20H25FN4S/c1-5-15-9-16-19(25-10-12(2)24(4)13(3)11-25)22-18-8-14(21)6-7-17(18)23-20(16)26-15/h6-9,12-13,23H,5,10-11H2,1-4H3. The van der Waals surface area contributed by atoms with Crippen LogP contribution in [0.25, 0.3) is 0 Å². The van der Waals surface area contributed by atoms with Gasteiger partial charge in [0.2, 0.25) is 0 Å². The van der Waals surface area contributed by atoms with Gasteiger partial charge in [-0.1, -0.05) is 6.92 Å². The number of hydrogen-bond donors (Lipinski definition) is 1. The van der Waals surface area contributed by atoms with Crippen LogP contribution in [0.1, 0.15) is 31.2 Å². The lowest BCUT2D eigenvalue weighted by Crippen LogP contribution is -2.56. The molecule has 0 spiro atoms. The Morgan fingerprint density at radius 1 is 1.23 bits per heavy atom. The first-order chi connectivity index (χ1) is 12.5.